The number of benzene rings is 3. The molecule has 0 saturated heterocycles. The molecule has 0 unspecified atom stereocenters. The van der Waals surface area contributed by atoms with Crippen LogP contribution in [0.4, 0.5) is 11.4 Å². The van der Waals surface area contributed by atoms with Crippen molar-refractivity contribution < 1.29 is 19.0 Å². The highest BCUT2D eigenvalue weighted by Crippen LogP contribution is 2.34. The zero-order valence-electron chi connectivity index (χ0n) is 20.6. The smallest absolute Gasteiger partial charge is 0.262 e. The van der Waals surface area contributed by atoms with Gasteiger partial charge in [0.05, 0.1) is 22.8 Å². The standard InChI is InChI=1S/C28H24N4O4S/c1-16-4-5-17(2)21(10-16)30-28-32(31-18(3)19-6-9-25-26(12-19)36-15-35-25)23(14-37-28)20-7-8-24-22(11-20)29-27(33)13-34-24/h4-12,14H,13,15H2,1-3H3,(H,29,33). The van der Waals surface area contributed by atoms with E-state index in [1.165, 1.54) is 11.3 Å². The van der Waals surface area contributed by atoms with Crippen LogP contribution in [-0.4, -0.2) is 29.7 Å². The molecule has 3 heterocycles. The summed E-state index contributed by atoms with van der Waals surface area (Å²) in [6.07, 6.45) is 0. The number of hydrogen-bond donors (Lipinski definition) is 1. The molecule has 6 rings (SSSR count). The van der Waals surface area contributed by atoms with E-state index >= 15 is 0 Å². The average Bonchev–Trinajstić information content (AvgIpc) is 3.52. The predicted octanol–water partition coefficient (Wildman–Crippen LogP) is 5.40. The first kappa shape index (κ1) is 23.1. The predicted molar refractivity (Wildman–Crippen MR) is 143 cm³/mol. The van der Waals surface area contributed by atoms with Crippen LogP contribution in [0.2, 0.25) is 0 Å². The van der Waals surface area contributed by atoms with Gasteiger partial charge in [-0.05, 0) is 74.4 Å². The number of carbonyl (C=O) groups is 1. The molecular formula is C28H24N4O4S. The van der Waals surface area contributed by atoms with E-state index in [-0.39, 0.29) is 19.3 Å². The van der Waals surface area contributed by atoms with E-state index in [2.05, 4.69) is 30.4 Å². The monoisotopic (exact) mass is 512 g/mol. The van der Waals surface area contributed by atoms with E-state index in [0.29, 0.717) is 17.2 Å². The van der Waals surface area contributed by atoms with Crippen molar-refractivity contribution in [2.45, 2.75) is 20.8 Å². The van der Waals surface area contributed by atoms with Crippen LogP contribution in [0.1, 0.15) is 23.6 Å². The van der Waals surface area contributed by atoms with Crippen molar-refractivity contribution in [2.24, 2.45) is 10.1 Å². The summed E-state index contributed by atoms with van der Waals surface area (Å²) in [5.74, 6) is 1.90. The SMILES string of the molecule is CC(=Nn1c(-c2ccc3c(c2)NC(=O)CO3)csc1=Nc1cc(C)ccc1C)c1ccc2c(c1)OCO2. The van der Waals surface area contributed by atoms with E-state index in [1.54, 1.807) is 0 Å². The lowest BCUT2D eigenvalue weighted by molar-refractivity contribution is -0.118. The number of amides is 1. The maximum atomic E-state index is 11.9. The third-order valence-electron chi connectivity index (χ3n) is 6.21. The van der Waals surface area contributed by atoms with Gasteiger partial charge in [0.1, 0.15) is 5.75 Å². The first-order valence-corrected chi connectivity index (χ1v) is 12.7. The van der Waals surface area contributed by atoms with Crippen molar-refractivity contribution in [1.29, 1.82) is 0 Å². The topological polar surface area (TPSA) is 86.4 Å². The van der Waals surface area contributed by atoms with Gasteiger partial charge in [-0.25, -0.2) is 9.67 Å². The molecule has 0 bridgehead atoms. The van der Waals surface area contributed by atoms with Crippen LogP contribution in [0.5, 0.6) is 17.2 Å². The number of nitrogens with one attached hydrogen (secondary N) is 1. The number of aromatic nitrogens is 1. The Bertz CT molecular complexity index is 1650. The quantitative estimate of drug-likeness (QED) is 0.371. The molecule has 0 spiro atoms. The zero-order valence-corrected chi connectivity index (χ0v) is 21.4. The third-order valence-corrected chi connectivity index (χ3v) is 7.03. The Kier molecular flexibility index (Phi) is 5.77. The molecule has 0 saturated carbocycles. The fourth-order valence-electron chi connectivity index (χ4n) is 4.19. The van der Waals surface area contributed by atoms with Gasteiger partial charge >= 0.3 is 0 Å². The number of carbonyl (C=O) groups excluding carboxylic acids is 1. The normalized spacial score (nSPS) is 14.8. The molecule has 0 atom stereocenters. The molecular weight excluding hydrogens is 488 g/mol. The maximum absolute atomic E-state index is 11.9. The van der Waals surface area contributed by atoms with Gasteiger partial charge in [-0.2, -0.15) is 5.10 Å². The number of anilines is 1. The second-order valence-corrected chi connectivity index (χ2v) is 9.75. The number of hydrogen-bond acceptors (Lipinski definition) is 7. The molecule has 0 aliphatic carbocycles. The van der Waals surface area contributed by atoms with E-state index < -0.39 is 0 Å². The van der Waals surface area contributed by atoms with Gasteiger partial charge in [0.2, 0.25) is 11.6 Å². The second kappa shape index (κ2) is 9.25. The molecule has 3 aromatic carbocycles. The van der Waals surface area contributed by atoms with Gasteiger partial charge < -0.3 is 19.5 Å². The van der Waals surface area contributed by atoms with E-state index in [9.17, 15) is 4.79 Å². The fraction of sp³-hybridized carbons (Fsp3) is 0.179. The van der Waals surface area contributed by atoms with Gasteiger partial charge in [0.15, 0.2) is 18.1 Å². The zero-order chi connectivity index (χ0) is 25.5. The van der Waals surface area contributed by atoms with Crippen molar-refractivity contribution >= 4 is 34.3 Å². The summed E-state index contributed by atoms with van der Waals surface area (Å²) in [6.45, 7) is 6.29. The van der Waals surface area contributed by atoms with E-state index in [0.717, 1.165) is 49.9 Å². The number of ether oxygens (including phenoxy) is 3. The fourth-order valence-corrected chi connectivity index (χ4v) is 5.03. The Balaban J connectivity index is 1.51. The minimum Gasteiger partial charge on any atom is -0.482 e. The van der Waals surface area contributed by atoms with Gasteiger partial charge in [-0.15, -0.1) is 11.3 Å². The summed E-state index contributed by atoms with van der Waals surface area (Å²) in [6, 6.07) is 17.7. The summed E-state index contributed by atoms with van der Waals surface area (Å²) >= 11 is 1.50. The van der Waals surface area contributed by atoms with Gasteiger partial charge in [0.25, 0.3) is 5.91 Å². The number of aryl methyl sites for hydroxylation is 2. The highest BCUT2D eigenvalue weighted by Gasteiger charge is 2.19. The number of rotatable bonds is 4. The van der Waals surface area contributed by atoms with Crippen LogP contribution in [0.15, 0.2) is 70.1 Å². The minimum absolute atomic E-state index is 0.0166. The van der Waals surface area contributed by atoms with Crippen LogP contribution in [-0.2, 0) is 4.79 Å². The molecule has 0 radical (unpaired) electrons. The number of thiazole rings is 1. The Morgan fingerprint density at radius 3 is 2.70 bits per heavy atom. The van der Waals surface area contributed by atoms with Gasteiger partial charge in [0, 0.05) is 16.5 Å². The highest BCUT2D eigenvalue weighted by atomic mass is 32.1. The molecule has 37 heavy (non-hydrogen) atoms. The number of nitrogens with zero attached hydrogens (tertiary/aromatic N) is 3. The van der Waals surface area contributed by atoms with Crippen molar-refractivity contribution in [3.63, 3.8) is 0 Å². The van der Waals surface area contributed by atoms with Crippen LogP contribution >= 0.6 is 11.3 Å². The molecule has 8 nitrogen and oxygen atoms in total. The molecule has 1 amide bonds. The van der Waals surface area contributed by atoms with Crippen molar-refractivity contribution in [3.05, 3.63) is 81.5 Å². The van der Waals surface area contributed by atoms with Crippen LogP contribution in [0, 0.1) is 13.8 Å². The average molecular weight is 513 g/mol. The summed E-state index contributed by atoms with van der Waals surface area (Å²) in [7, 11) is 0. The molecule has 1 N–H and O–H groups in total. The Morgan fingerprint density at radius 1 is 0.973 bits per heavy atom. The molecule has 4 aromatic rings. The van der Waals surface area contributed by atoms with Crippen molar-refractivity contribution in [2.75, 3.05) is 18.7 Å². The summed E-state index contributed by atoms with van der Waals surface area (Å²) in [5, 5.41) is 9.91. The van der Waals surface area contributed by atoms with Crippen molar-refractivity contribution in [3.8, 4) is 28.5 Å². The third kappa shape index (κ3) is 4.49. The van der Waals surface area contributed by atoms with Crippen LogP contribution in [0.25, 0.3) is 11.3 Å². The first-order chi connectivity index (χ1) is 17.9. The summed E-state index contributed by atoms with van der Waals surface area (Å²) in [4.78, 5) is 17.6. The van der Waals surface area contributed by atoms with E-state index in [4.69, 9.17) is 24.3 Å². The lowest BCUT2D eigenvalue weighted by atomic mass is 10.1. The summed E-state index contributed by atoms with van der Waals surface area (Å²) in [5.41, 5.74) is 7.17. The van der Waals surface area contributed by atoms with Gasteiger partial charge in [-0.3, -0.25) is 4.79 Å². The van der Waals surface area contributed by atoms with Gasteiger partial charge in [-0.1, -0.05) is 12.1 Å². The molecule has 9 heteroatoms. The maximum Gasteiger partial charge on any atom is 0.262 e. The second-order valence-electron chi connectivity index (χ2n) is 8.92. The molecule has 2 aliphatic heterocycles. The first-order valence-electron chi connectivity index (χ1n) is 11.8. The van der Waals surface area contributed by atoms with Crippen LogP contribution in [0.3, 0.4) is 0 Å². The van der Waals surface area contributed by atoms with Crippen LogP contribution < -0.4 is 24.3 Å². The molecule has 186 valence electrons. The van der Waals surface area contributed by atoms with Crippen molar-refractivity contribution in [1.82, 2.24) is 4.68 Å². The Morgan fingerprint density at radius 2 is 1.81 bits per heavy atom. The minimum atomic E-state index is -0.176. The lowest BCUT2D eigenvalue weighted by Gasteiger charge is -2.18. The molecule has 0 fully saturated rings. The largest absolute Gasteiger partial charge is 0.482 e. The highest BCUT2D eigenvalue weighted by molar-refractivity contribution is 7.07. The summed E-state index contributed by atoms with van der Waals surface area (Å²) < 4.78 is 18.4. The molecule has 2 aliphatic rings. The Hall–Kier alpha value is -4.37. The Labute approximate surface area is 217 Å². The number of fused-ring (bicyclic) bond motifs is 2. The molecule has 1 aromatic heterocycles. The van der Waals surface area contributed by atoms with E-state index in [1.807, 2.05) is 60.3 Å². The lowest BCUT2D eigenvalue weighted by Crippen LogP contribution is -2.25.